The fourth-order valence-electron chi connectivity index (χ4n) is 3.10. The number of hydrogen-bond donors (Lipinski definition) is 1. The molecule has 0 radical (unpaired) electrons. The second kappa shape index (κ2) is 6.34. The molecule has 4 rings (SSSR count). The molecule has 0 amide bonds. The Kier molecular flexibility index (Phi) is 4.00. The highest BCUT2D eigenvalue weighted by atomic mass is 15.1. The highest BCUT2D eigenvalue weighted by Crippen LogP contribution is 2.31. The summed E-state index contributed by atoms with van der Waals surface area (Å²) < 4.78 is 2.10. The van der Waals surface area contributed by atoms with Crippen molar-refractivity contribution in [1.29, 1.82) is 0 Å². The van der Waals surface area contributed by atoms with Gasteiger partial charge in [-0.05, 0) is 35.2 Å². The van der Waals surface area contributed by atoms with Crippen LogP contribution >= 0.6 is 0 Å². The van der Waals surface area contributed by atoms with E-state index in [0.717, 1.165) is 28.4 Å². The fourth-order valence-corrected chi connectivity index (χ4v) is 3.10. The maximum atomic E-state index is 4.84. The fraction of sp³-hybridized carbons (Fsp3) is 0.174. The van der Waals surface area contributed by atoms with E-state index in [1.54, 1.807) is 0 Å². The van der Waals surface area contributed by atoms with Crippen LogP contribution in [0.1, 0.15) is 26.3 Å². The van der Waals surface area contributed by atoms with E-state index in [2.05, 4.69) is 66.9 Å². The number of nitrogens with zero attached hydrogens (tertiary/aromatic N) is 2. The molecule has 2 heterocycles. The quantitative estimate of drug-likeness (QED) is 0.492. The van der Waals surface area contributed by atoms with Crippen LogP contribution in [0.2, 0.25) is 0 Å². The molecule has 0 aliphatic carbocycles. The Balaban J connectivity index is 1.78. The second-order valence-electron chi connectivity index (χ2n) is 7.56. The lowest BCUT2D eigenvalue weighted by Gasteiger charge is -2.19. The Morgan fingerprint density at radius 2 is 1.50 bits per heavy atom. The van der Waals surface area contributed by atoms with Crippen molar-refractivity contribution in [3.8, 4) is 11.3 Å². The number of rotatable bonds is 3. The first-order chi connectivity index (χ1) is 12.5. The summed E-state index contributed by atoms with van der Waals surface area (Å²) in [4.78, 5) is 4.84. The van der Waals surface area contributed by atoms with Gasteiger partial charge in [-0.1, -0.05) is 69.3 Å². The monoisotopic (exact) mass is 341 g/mol. The summed E-state index contributed by atoms with van der Waals surface area (Å²) >= 11 is 0. The molecule has 0 unspecified atom stereocenters. The van der Waals surface area contributed by atoms with Crippen molar-refractivity contribution in [2.24, 2.45) is 0 Å². The van der Waals surface area contributed by atoms with Gasteiger partial charge < -0.3 is 5.32 Å². The van der Waals surface area contributed by atoms with Crippen LogP contribution in [0, 0.1) is 0 Å². The normalized spacial score (nSPS) is 11.7. The molecule has 0 saturated carbocycles. The van der Waals surface area contributed by atoms with E-state index in [1.165, 1.54) is 5.56 Å². The number of fused-ring (bicyclic) bond motifs is 1. The summed E-state index contributed by atoms with van der Waals surface area (Å²) in [7, 11) is 0. The summed E-state index contributed by atoms with van der Waals surface area (Å²) in [5, 5.41) is 3.57. The standard InChI is InChI=1S/C23H23N3/c1-23(2,3)18-12-14-19(15-13-18)24-22-21(17-9-5-4-6-10-17)25-20-11-7-8-16-26(20)22/h4-16,24H,1-3H3. The zero-order valence-corrected chi connectivity index (χ0v) is 15.4. The number of nitrogens with one attached hydrogen (secondary N) is 1. The molecule has 2 aromatic heterocycles. The van der Waals surface area contributed by atoms with Crippen molar-refractivity contribution in [1.82, 2.24) is 9.38 Å². The summed E-state index contributed by atoms with van der Waals surface area (Å²) in [5.41, 5.74) is 5.52. The molecule has 0 atom stereocenters. The van der Waals surface area contributed by atoms with Crippen molar-refractivity contribution in [3.63, 3.8) is 0 Å². The van der Waals surface area contributed by atoms with Crippen molar-refractivity contribution in [2.45, 2.75) is 26.2 Å². The van der Waals surface area contributed by atoms with E-state index in [0.29, 0.717) is 0 Å². The van der Waals surface area contributed by atoms with E-state index in [1.807, 2.05) is 42.6 Å². The van der Waals surface area contributed by atoms with Gasteiger partial charge in [0.25, 0.3) is 0 Å². The molecule has 0 aliphatic heterocycles. The molecular weight excluding hydrogens is 318 g/mol. The average Bonchev–Trinajstić information content (AvgIpc) is 3.01. The van der Waals surface area contributed by atoms with E-state index in [9.17, 15) is 0 Å². The highest BCUT2D eigenvalue weighted by molar-refractivity contribution is 5.79. The van der Waals surface area contributed by atoms with Crippen LogP contribution in [-0.2, 0) is 5.41 Å². The van der Waals surface area contributed by atoms with Gasteiger partial charge in [0.2, 0.25) is 0 Å². The maximum absolute atomic E-state index is 4.84. The van der Waals surface area contributed by atoms with Gasteiger partial charge in [0.05, 0.1) is 0 Å². The second-order valence-corrected chi connectivity index (χ2v) is 7.56. The summed E-state index contributed by atoms with van der Waals surface area (Å²) in [6.45, 7) is 6.69. The number of pyridine rings is 1. The minimum atomic E-state index is 0.150. The molecule has 3 heteroatoms. The molecule has 4 aromatic rings. The number of aromatic nitrogens is 2. The van der Waals surface area contributed by atoms with Crippen LogP contribution in [0.15, 0.2) is 79.0 Å². The van der Waals surface area contributed by atoms with Gasteiger partial charge in [-0.15, -0.1) is 0 Å². The summed E-state index contributed by atoms with van der Waals surface area (Å²) in [6.07, 6.45) is 2.04. The zero-order chi connectivity index (χ0) is 18.1. The van der Waals surface area contributed by atoms with Crippen LogP contribution in [0.3, 0.4) is 0 Å². The minimum absolute atomic E-state index is 0.150. The van der Waals surface area contributed by atoms with Gasteiger partial charge in [0.15, 0.2) is 0 Å². The third-order valence-electron chi connectivity index (χ3n) is 4.59. The van der Waals surface area contributed by atoms with Gasteiger partial charge >= 0.3 is 0 Å². The van der Waals surface area contributed by atoms with Gasteiger partial charge in [-0.25, -0.2) is 4.98 Å². The first-order valence-corrected chi connectivity index (χ1v) is 8.92. The first-order valence-electron chi connectivity index (χ1n) is 8.92. The molecule has 0 aliphatic rings. The maximum Gasteiger partial charge on any atom is 0.143 e. The Morgan fingerprint density at radius 1 is 0.808 bits per heavy atom. The summed E-state index contributed by atoms with van der Waals surface area (Å²) in [5.74, 6) is 0.982. The van der Waals surface area contributed by atoms with Crippen molar-refractivity contribution in [3.05, 3.63) is 84.6 Å². The Labute approximate surface area is 154 Å². The molecule has 0 spiro atoms. The van der Waals surface area contributed by atoms with E-state index in [-0.39, 0.29) is 5.41 Å². The van der Waals surface area contributed by atoms with Crippen LogP contribution in [0.25, 0.3) is 16.9 Å². The minimum Gasteiger partial charge on any atom is -0.339 e. The van der Waals surface area contributed by atoms with Gasteiger partial charge in [0, 0.05) is 17.4 Å². The lowest BCUT2D eigenvalue weighted by Crippen LogP contribution is -2.10. The number of imidazole rings is 1. The third kappa shape index (κ3) is 3.08. The van der Waals surface area contributed by atoms with Gasteiger partial charge in [0.1, 0.15) is 17.2 Å². The van der Waals surface area contributed by atoms with Crippen molar-refractivity contribution < 1.29 is 0 Å². The van der Waals surface area contributed by atoms with Crippen LogP contribution in [-0.4, -0.2) is 9.38 Å². The molecule has 0 bridgehead atoms. The lowest BCUT2D eigenvalue weighted by atomic mass is 9.87. The predicted molar refractivity (Wildman–Crippen MR) is 109 cm³/mol. The third-order valence-corrected chi connectivity index (χ3v) is 4.59. The average molecular weight is 341 g/mol. The molecule has 1 N–H and O–H groups in total. The number of anilines is 2. The molecule has 0 saturated heterocycles. The van der Waals surface area contributed by atoms with Crippen LogP contribution in [0.5, 0.6) is 0 Å². The molecule has 2 aromatic carbocycles. The Morgan fingerprint density at radius 3 is 2.19 bits per heavy atom. The Bertz CT molecular complexity index is 1020. The highest BCUT2D eigenvalue weighted by Gasteiger charge is 2.15. The van der Waals surface area contributed by atoms with E-state index >= 15 is 0 Å². The molecule has 0 fully saturated rings. The largest absolute Gasteiger partial charge is 0.339 e. The summed E-state index contributed by atoms with van der Waals surface area (Å²) in [6, 6.07) is 25.0. The predicted octanol–water partition coefficient (Wildman–Crippen LogP) is 6.04. The van der Waals surface area contributed by atoms with Crippen molar-refractivity contribution >= 4 is 17.2 Å². The smallest absolute Gasteiger partial charge is 0.143 e. The first kappa shape index (κ1) is 16.4. The van der Waals surface area contributed by atoms with Crippen LogP contribution < -0.4 is 5.32 Å². The molecule has 3 nitrogen and oxygen atoms in total. The van der Waals surface area contributed by atoms with E-state index in [4.69, 9.17) is 4.98 Å². The molecule has 130 valence electrons. The van der Waals surface area contributed by atoms with E-state index < -0.39 is 0 Å². The van der Waals surface area contributed by atoms with Crippen LogP contribution in [0.4, 0.5) is 11.5 Å². The number of benzene rings is 2. The zero-order valence-electron chi connectivity index (χ0n) is 15.4. The SMILES string of the molecule is CC(C)(C)c1ccc(Nc2c(-c3ccccc3)nc3ccccn23)cc1. The van der Waals surface area contributed by atoms with Gasteiger partial charge in [-0.3, -0.25) is 4.40 Å². The Hall–Kier alpha value is -3.07. The molecular formula is C23H23N3. The topological polar surface area (TPSA) is 29.3 Å². The van der Waals surface area contributed by atoms with Gasteiger partial charge in [-0.2, -0.15) is 0 Å². The number of hydrogen-bond acceptors (Lipinski definition) is 2. The molecule has 26 heavy (non-hydrogen) atoms. The lowest BCUT2D eigenvalue weighted by molar-refractivity contribution is 0.590. The van der Waals surface area contributed by atoms with Crippen molar-refractivity contribution in [2.75, 3.05) is 5.32 Å².